The molecule has 1 aromatic rings. The minimum absolute atomic E-state index is 0.0978. The van der Waals surface area contributed by atoms with Gasteiger partial charge in [-0.15, -0.1) is 0 Å². The van der Waals surface area contributed by atoms with Gasteiger partial charge in [-0.3, -0.25) is 13.9 Å². The number of sulfonamides is 1. The predicted octanol–water partition coefficient (Wildman–Crippen LogP) is 2.08. The van der Waals surface area contributed by atoms with Gasteiger partial charge in [0.1, 0.15) is 0 Å². The van der Waals surface area contributed by atoms with Gasteiger partial charge >= 0.3 is 0 Å². The van der Waals surface area contributed by atoms with Gasteiger partial charge in [0, 0.05) is 19.0 Å². The van der Waals surface area contributed by atoms with Crippen LogP contribution >= 0.6 is 11.8 Å². The minimum Gasteiger partial charge on any atom is -0.293 e. The van der Waals surface area contributed by atoms with E-state index in [2.05, 4.69) is 0 Å². The molecule has 0 aliphatic carbocycles. The molecule has 1 aliphatic rings. The molecule has 1 saturated heterocycles. The van der Waals surface area contributed by atoms with Crippen LogP contribution in [0.25, 0.3) is 0 Å². The number of nitrogens with zero attached hydrogens (tertiary/aromatic N) is 1. The fraction of sp³-hybridized carbons (Fsp3) is 0.429. The summed E-state index contributed by atoms with van der Waals surface area (Å²) >= 11 is 0.971. The van der Waals surface area contributed by atoms with Crippen LogP contribution < -0.4 is 4.31 Å². The quantitative estimate of drug-likeness (QED) is 0.792. The van der Waals surface area contributed by atoms with Crippen LogP contribution in [0.15, 0.2) is 24.3 Å². The van der Waals surface area contributed by atoms with E-state index in [0.29, 0.717) is 24.2 Å². The molecule has 0 unspecified atom stereocenters. The molecule has 0 atom stereocenters. The van der Waals surface area contributed by atoms with Crippen molar-refractivity contribution < 1.29 is 18.0 Å². The van der Waals surface area contributed by atoms with E-state index in [-0.39, 0.29) is 22.4 Å². The maximum atomic E-state index is 12.0. The van der Waals surface area contributed by atoms with Crippen molar-refractivity contribution in [3.05, 3.63) is 29.8 Å². The summed E-state index contributed by atoms with van der Waals surface area (Å²) in [5.74, 6) is 0.142. The number of carbonyl (C=O) groups is 2. The van der Waals surface area contributed by atoms with Crippen molar-refractivity contribution >= 4 is 38.4 Å². The van der Waals surface area contributed by atoms with Crippen molar-refractivity contribution in [3.8, 4) is 0 Å². The van der Waals surface area contributed by atoms with E-state index in [1.807, 2.05) is 0 Å². The average Bonchev–Trinajstić information content (AvgIpc) is 2.44. The minimum atomic E-state index is -3.23. The average molecular weight is 327 g/mol. The first-order chi connectivity index (χ1) is 9.90. The van der Waals surface area contributed by atoms with Gasteiger partial charge in [0.2, 0.25) is 10.0 Å². The molecule has 7 heteroatoms. The number of carbonyl (C=O) groups excluding carboxylic acids is 2. The second-order valence-corrected chi connectivity index (χ2v) is 8.01. The maximum absolute atomic E-state index is 12.0. The number of thioether (sulfide) groups is 1. The molecular weight excluding hydrogens is 310 g/mol. The normalized spacial score (nSPS) is 17.5. The molecule has 1 aromatic carbocycles. The lowest BCUT2D eigenvalue weighted by molar-refractivity contribution is -0.109. The number of ketones is 1. The molecule has 1 fully saturated rings. The Balaban J connectivity index is 2.11. The second-order valence-electron chi connectivity index (χ2n) is 4.85. The molecule has 1 heterocycles. The Morgan fingerprint density at radius 2 is 1.86 bits per heavy atom. The predicted molar refractivity (Wildman–Crippen MR) is 84.3 cm³/mol. The van der Waals surface area contributed by atoms with E-state index in [9.17, 15) is 18.0 Å². The van der Waals surface area contributed by atoms with Crippen molar-refractivity contribution in [3.63, 3.8) is 0 Å². The Hall–Kier alpha value is -1.34. The number of hydrogen-bond acceptors (Lipinski definition) is 5. The van der Waals surface area contributed by atoms with Gasteiger partial charge in [0.05, 0.1) is 17.2 Å². The van der Waals surface area contributed by atoms with Crippen molar-refractivity contribution in [1.29, 1.82) is 0 Å². The van der Waals surface area contributed by atoms with Crippen LogP contribution in [0.5, 0.6) is 0 Å². The fourth-order valence-corrected chi connectivity index (χ4v) is 4.28. The summed E-state index contributed by atoms with van der Waals surface area (Å²) in [5.41, 5.74) is 1.08. The van der Waals surface area contributed by atoms with E-state index >= 15 is 0 Å². The molecule has 114 valence electrons. The third-order valence-electron chi connectivity index (χ3n) is 3.23. The van der Waals surface area contributed by atoms with E-state index < -0.39 is 10.0 Å². The number of Topliss-reactive ketones (excluding diaryl/α,β-unsaturated/α-hetero) is 1. The molecule has 1 aliphatic heterocycles. The van der Waals surface area contributed by atoms with Crippen LogP contribution in [0.4, 0.5) is 5.69 Å². The van der Waals surface area contributed by atoms with Gasteiger partial charge in [0.25, 0.3) is 0 Å². The highest BCUT2D eigenvalue weighted by atomic mass is 32.2. The molecular formula is C14H17NO4S2. The Morgan fingerprint density at radius 3 is 2.43 bits per heavy atom. The van der Waals surface area contributed by atoms with Crippen LogP contribution in [-0.2, 0) is 14.8 Å². The van der Waals surface area contributed by atoms with Crippen LogP contribution in [0.3, 0.4) is 0 Å². The van der Waals surface area contributed by atoms with Crippen molar-refractivity contribution in [1.82, 2.24) is 0 Å². The van der Waals surface area contributed by atoms with Crippen LogP contribution in [-0.4, -0.2) is 37.4 Å². The first kappa shape index (κ1) is 16.0. The zero-order valence-electron chi connectivity index (χ0n) is 11.7. The highest BCUT2D eigenvalue weighted by Gasteiger charge is 2.25. The van der Waals surface area contributed by atoms with Crippen LogP contribution in [0, 0.1) is 0 Å². The third kappa shape index (κ3) is 4.07. The summed E-state index contributed by atoms with van der Waals surface area (Å²) in [6.07, 6.45) is 1.53. The van der Waals surface area contributed by atoms with E-state index in [1.54, 1.807) is 24.3 Å². The standard InChI is InChI=1S/C14H17NO4S2/c1-11(16)20-10-14(17)12-4-6-13(7-5-12)15-8-2-3-9-21(15,18)19/h4-7H,2-3,8-10H2,1H3. The van der Waals surface area contributed by atoms with Gasteiger partial charge in [-0.1, -0.05) is 11.8 Å². The van der Waals surface area contributed by atoms with Crippen molar-refractivity contribution in [2.24, 2.45) is 0 Å². The molecule has 0 radical (unpaired) electrons. The van der Waals surface area contributed by atoms with Gasteiger partial charge in [-0.05, 0) is 37.1 Å². The van der Waals surface area contributed by atoms with E-state index in [0.717, 1.165) is 18.2 Å². The molecule has 0 amide bonds. The second kappa shape index (κ2) is 6.62. The number of anilines is 1. The smallest absolute Gasteiger partial charge is 0.235 e. The maximum Gasteiger partial charge on any atom is 0.235 e. The summed E-state index contributed by atoms with van der Waals surface area (Å²) in [7, 11) is -3.23. The van der Waals surface area contributed by atoms with Crippen LogP contribution in [0.1, 0.15) is 30.1 Å². The lowest BCUT2D eigenvalue weighted by Gasteiger charge is -2.28. The molecule has 21 heavy (non-hydrogen) atoms. The summed E-state index contributed by atoms with van der Waals surface area (Å²) in [5, 5.41) is -0.0978. The zero-order chi connectivity index (χ0) is 15.5. The summed E-state index contributed by atoms with van der Waals surface area (Å²) in [6, 6.07) is 6.52. The SMILES string of the molecule is CC(=O)SCC(=O)c1ccc(N2CCCCS2(=O)=O)cc1. The van der Waals surface area contributed by atoms with Gasteiger partial charge in [-0.25, -0.2) is 8.42 Å². The van der Waals surface area contributed by atoms with E-state index in [4.69, 9.17) is 0 Å². The Bertz CT molecular complexity index is 637. The summed E-state index contributed by atoms with van der Waals surface area (Å²) in [4.78, 5) is 22.7. The molecule has 0 aromatic heterocycles. The van der Waals surface area contributed by atoms with Crippen molar-refractivity contribution in [2.75, 3.05) is 22.4 Å². The van der Waals surface area contributed by atoms with Crippen molar-refractivity contribution in [2.45, 2.75) is 19.8 Å². The monoisotopic (exact) mass is 327 g/mol. The van der Waals surface area contributed by atoms with Crippen LogP contribution in [0.2, 0.25) is 0 Å². The Morgan fingerprint density at radius 1 is 1.19 bits per heavy atom. The summed E-state index contributed by atoms with van der Waals surface area (Å²) < 4.78 is 25.4. The zero-order valence-corrected chi connectivity index (χ0v) is 13.4. The number of hydrogen-bond donors (Lipinski definition) is 0. The largest absolute Gasteiger partial charge is 0.293 e. The highest BCUT2D eigenvalue weighted by Crippen LogP contribution is 2.24. The fourth-order valence-electron chi connectivity index (χ4n) is 2.14. The molecule has 0 bridgehead atoms. The topological polar surface area (TPSA) is 71.5 Å². The van der Waals surface area contributed by atoms with Gasteiger partial charge < -0.3 is 0 Å². The van der Waals surface area contributed by atoms with E-state index in [1.165, 1.54) is 11.2 Å². The first-order valence-electron chi connectivity index (χ1n) is 6.67. The van der Waals surface area contributed by atoms with Gasteiger partial charge in [-0.2, -0.15) is 0 Å². The number of rotatable bonds is 4. The molecule has 0 spiro atoms. The lowest BCUT2D eigenvalue weighted by Crippen LogP contribution is -2.37. The first-order valence-corrected chi connectivity index (χ1v) is 9.27. The Kier molecular flexibility index (Phi) is 5.05. The van der Waals surface area contributed by atoms with Gasteiger partial charge in [0.15, 0.2) is 10.9 Å². The molecule has 0 saturated carbocycles. The molecule has 2 rings (SSSR count). The third-order valence-corrected chi connectivity index (χ3v) is 5.92. The Labute approximate surface area is 128 Å². The summed E-state index contributed by atoms with van der Waals surface area (Å²) in [6.45, 7) is 1.90. The highest BCUT2D eigenvalue weighted by molar-refractivity contribution is 8.14. The lowest BCUT2D eigenvalue weighted by atomic mass is 10.1. The number of benzene rings is 1. The molecule has 5 nitrogen and oxygen atoms in total. The molecule has 0 N–H and O–H groups in total.